The molecule has 2 saturated carbocycles. The van der Waals surface area contributed by atoms with E-state index in [1.807, 2.05) is 24.3 Å². The van der Waals surface area contributed by atoms with Gasteiger partial charge in [-0.3, -0.25) is 4.79 Å². The molecule has 1 aromatic carbocycles. The van der Waals surface area contributed by atoms with Crippen LogP contribution in [0.4, 0.5) is 5.82 Å². The van der Waals surface area contributed by atoms with E-state index < -0.39 is 23.6 Å². The van der Waals surface area contributed by atoms with E-state index in [0.29, 0.717) is 55.8 Å². The van der Waals surface area contributed by atoms with Gasteiger partial charge in [-0.15, -0.1) is 0 Å². The number of benzene rings is 1. The summed E-state index contributed by atoms with van der Waals surface area (Å²) < 4.78 is 0. The number of aliphatic hydroxyl groups is 3. The first kappa shape index (κ1) is 40.8. The molecule has 10 heteroatoms. The number of phenols is 2. The molecule has 0 bridgehead atoms. The third-order valence-electron chi connectivity index (χ3n) is 13.3. The predicted octanol–water partition coefficient (Wildman–Crippen LogP) is 7.78. The number of aliphatic carboxylic acids is 1. The highest BCUT2D eigenvalue weighted by Crippen LogP contribution is 2.56. The van der Waals surface area contributed by atoms with E-state index in [-0.39, 0.29) is 47.2 Å². The monoisotopic (exact) mass is 757 g/mol. The van der Waals surface area contributed by atoms with Gasteiger partial charge in [-0.1, -0.05) is 57.6 Å². The number of aromatic nitrogens is 2. The maximum atomic E-state index is 12.7. The van der Waals surface area contributed by atoms with E-state index in [9.17, 15) is 35.4 Å². The number of nitrogen functional groups attached to an aromatic ring is 1. The quantitative estimate of drug-likeness (QED) is 0.0473. The highest BCUT2D eigenvalue weighted by Gasteiger charge is 2.57. The van der Waals surface area contributed by atoms with Crippen LogP contribution in [0.25, 0.3) is 11.3 Å². The Morgan fingerprint density at radius 1 is 0.964 bits per heavy atom. The van der Waals surface area contributed by atoms with Crippen LogP contribution in [0.2, 0.25) is 0 Å². The second-order valence-electron chi connectivity index (χ2n) is 17.1. The van der Waals surface area contributed by atoms with Crippen molar-refractivity contribution in [2.45, 2.75) is 127 Å². The lowest BCUT2D eigenvalue weighted by atomic mass is 9.64. The smallest absolute Gasteiger partial charge is 0.309 e. The zero-order valence-corrected chi connectivity index (χ0v) is 32.4. The number of nitrogens with zero attached hydrogens (tertiary/aromatic N) is 1. The number of aromatic hydroxyl groups is 2. The maximum Gasteiger partial charge on any atom is 0.309 e. The number of unbranched alkanes of at least 4 members (excludes halogenated alkanes) is 4. The fourth-order valence-electron chi connectivity index (χ4n) is 10.4. The Labute approximate surface area is 325 Å². The second-order valence-corrected chi connectivity index (χ2v) is 17.1. The van der Waals surface area contributed by atoms with Crippen molar-refractivity contribution in [3.8, 4) is 22.8 Å². The van der Waals surface area contributed by atoms with Gasteiger partial charge in [-0.25, -0.2) is 4.98 Å². The van der Waals surface area contributed by atoms with Crippen molar-refractivity contribution in [1.82, 2.24) is 9.97 Å². The van der Waals surface area contributed by atoms with Crippen molar-refractivity contribution in [2.24, 2.45) is 41.4 Å². The van der Waals surface area contributed by atoms with E-state index in [2.05, 4.69) is 29.0 Å². The third kappa shape index (κ3) is 10.1. The lowest BCUT2D eigenvalue weighted by Crippen LogP contribution is -2.50. The Morgan fingerprint density at radius 3 is 2.47 bits per heavy atom. The number of phenolic OH excluding ortho intramolecular Hbond substituents is 2. The minimum absolute atomic E-state index is 0.0214. The summed E-state index contributed by atoms with van der Waals surface area (Å²) in [5, 5.41) is 65.6. The fourth-order valence-corrected chi connectivity index (χ4v) is 10.4. The van der Waals surface area contributed by atoms with Gasteiger partial charge >= 0.3 is 5.97 Å². The van der Waals surface area contributed by atoms with Crippen LogP contribution in [0.3, 0.4) is 0 Å². The van der Waals surface area contributed by atoms with Crippen LogP contribution in [0, 0.1) is 41.4 Å². The molecule has 10 atom stereocenters. The summed E-state index contributed by atoms with van der Waals surface area (Å²) in [5.74, 6) is -1.23. The Hall–Kier alpha value is -3.86. The van der Waals surface area contributed by atoms with Crippen molar-refractivity contribution in [1.29, 1.82) is 0 Å². The molecule has 0 radical (unpaired) electrons. The van der Waals surface area contributed by atoms with E-state index >= 15 is 0 Å². The molecule has 3 aromatic rings. The molecule has 0 unspecified atom stereocenters. The summed E-state index contributed by atoms with van der Waals surface area (Å²) in [4.78, 5) is 20.2. The SMILES string of the molecule is CCCCC[C@@H]1C=C[C@@H](CCCCC[C@H](C(=O)O)[C@H](O)[C@H]2CC[C@@H]3[C@@H](Cc4ccnc(N)c4)C[C@H](Cc4ccc(-c5cc(O)cc(O)c5)[nH]4)[C@]3(O)C2)[C@H](O)C1. The number of pyridine rings is 1. The minimum atomic E-state index is -1.10. The van der Waals surface area contributed by atoms with Crippen molar-refractivity contribution in [3.63, 3.8) is 0 Å². The summed E-state index contributed by atoms with van der Waals surface area (Å²) in [7, 11) is 0. The number of carbonyl (C=O) groups is 1. The first-order chi connectivity index (χ1) is 26.4. The number of carboxylic acid groups (broad SMARTS) is 1. The molecule has 10 nitrogen and oxygen atoms in total. The lowest BCUT2D eigenvalue weighted by Gasteiger charge is -2.45. The summed E-state index contributed by atoms with van der Waals surface area (Å²) in [6.45, 7) is 2.21. The van der Waals surface area contributed by atoms with Crippen LogP contribution in [0.1, 0.15) is 108 Å². The highest BCUT2D eigenvalue weighted by molar-refractivity contribution is 5.70. The largest absolute Gasteiger partial charge is 0.508 e. The number of carboxylic acids is 1. The van der Waals surface area contributed by atoms with Gasteiger partial charge in [0.1, 0.15) is 17.3 Å². The molecule has 2 fully saturated rings. The van der Waals surface area contributed by atoms with Crippen LogP contribution >= 0.6 is 0 Å². The van der Waals surface area contributed by atoms with Crippen molar-refractivity contribution in [2.75, 3.05) is 5.73 Å². The molecule has 0 amide bonds. The molecule has 0 spiro atoms. The van der Waals surface area contributed by atoms with Gasteiger partial charge < -0.3 is 41.4 Å². The van der Waals surface area contributed by atoms with Crippen molar-refractivity contribution in [3.05, 3.63) is 72.1 Å². The molecule has 300 valence electrons. The van der Waals surface area contributed by atoms with Crippen LogP contribution < -0.4 is 5.73 Å². The lowest BCUT2D eigenvalue weighted by molar-refractivity contribution is -0.152. The number of aromatic amines is 1. The van der Waals surface area contributed by atoms with Gasteiger partial charge in [0, 0.05) is 35.1 Å². The second kappa shape index (κ2) is 18.4. The summed E-state index contributed by atoms with van der Waals surface area (Å²) in [5.41, 5.74) is 8.29. The normalized spacial score (nSPS) is 28.8. The molecule has 3 aliphatic rings. The average molecular weight is 758 g/mol. The van der Waals surface area contributed by atoms with Gasteiger partial charge in [0.25, 0.3) is 0 Å². The average Bonchev–Trinajstić information content (AvgIpc) is 3.71. The van der Waals surface area contributed by atoms with Gasteiger partial charge in [0.05, 0.1) is 23.7 Å². The molecule has 0 saturated heterocycles. The topological polar surface area (TPSA) is 193 Å². The summed E-state index contributed by atoms with van der Waals surface area (Å²) >= 11 is 0. The molecule has 2 aromatic heterocycles. The van der Waals surface area contributed by atoms with Crippen molar-refractivity contribution >= 4 is 11.8 Å². The van der Waals surface area contributed by atoms with Gasteiger partial charge in [-0.2, -0.15) is 0 Å². The van der Waals surface area contributed by atoms with E-state index in [1.165, 1.54) is 25.3 Å². The molecular weight excluding hydrogens is 695 g/mol. The Kier molecular flexibility index (Phi) is 13.6. The zero-order valence-electron chi connectivity index (χ0n) is 32.4. The Bertz CT molecular complexity index is 1720. The van der Waals surface area contributed by atoms with Crippen molar-refractivity contribution < 1.29 is 35.4 Å². The molecule has 0 aliphatic heterocycles. The molecule has 3 aliphatic carbocycles. The van der Waals surface area contributed by atoms with Crippen LogP contribution in [0.15, 0.2) is 60.8 Å². The standard InChI is InChI=1S/C45H63N3O7/c1-2-3-5-8-28-11-12-30(41(51)20-28)9-6-4-7-10-38(44(53)54)43(52)31-13-15-39-32(19-29-17-18-47-42(46)21-29)22-34(45(39,55)27-31)25-35-14-16-40(48-35)33-23-36(49)26-37(50)24-33/h11-12,14,16-18,21,23-24,26,28,30-32,34,38-39,41,43,48-52,55H,2-10,13,15,19-20,22,25,27H2,1H3,(H2,46,47)(H,53,54)/t28-,30-,31+,32+,34-,38+,39-,41-,43-,45-/m1/s1. The zero-order chi connectivity index (χ0) is 39.1. The molecular formula is C45H63N3O7. The number of rotatable bonds is 18. The van der Waals surface area contributed by atoms with E-state index in [0.717, 1.165) is 61.9 Å². The molecule has 9 N–H and O–H groups in total. The number of anilines is 1. The number of nitrogens with one attached hydrogen (secondary N) is 1. The number of allylic oxidation sites excluding steroid dienone is 1. The van der Waals surface area contributed by atoms with Gasteiger partial charge in [0.15, 0.2) is 0 Å². The van der Waals surface area contributed by atoms with Gasteiger partial charge in [0.2, 0.25) is 0 Å². The van der Waals surface area contributed by atoms with Crippen LogP contribution in [0.5, 0.6) is 11.5 Å². The first-order valence-corrected chi connectivity index (χ1v) is 20.8. The molecule has 2 heterocycles. The van der Waals surface area contributed by atoms with Crippen LogP contribution in [-0.2, 0) is 17.6 Å². The number of hydrogen-bond acceptors (Lipinski definition) is 8. The number of H-pyrrole nitrogens is 1. The number of hydrogen-bond donors (Lipinski definition) is 8. The fraction of sp³-hybridized carbons (Fsp3) is 0.600. The minimum Gasteiger partial charge on any atom is -0.508 e. The third-order valence-corrected chi connectivity index (χ3v) is 13.3. The number of aliphatic hydroxyl groups excluding tert-OH is 2. The summed E-state index contributed by atoms with van der Waals surface area (Å²) in [6, 6.07) is 12.2. The predicted molar refractivity (Wildman–Crippen MR) is 214 cm³/mol. The summed E-state index contributed by atoms with van der Waals surface area (Å²) in [6.07, 6.45) is 17.8. The number of fused-ring (bicyclic) bond motifs is 1. The van der Waals surface area contributed by atoms with Crippen LogP contribution in [-0.4, -0.2) is 64.4 Å². The highest BCUT2D eigenvalue weighted by atomic mass is 16.4. The first-order valence-electron chi connectivity index (χ1n) is 20.8. The maximum absolute atomic E-state index is 12.7. The molecule has 55 heavy (non-hydrogen) atoms. The molecule has 6 rings (SSSR count). The number of nitrogens with two attached hydrogens (primary N) is 1. The Balaban J connectivity index is 1.09. The van der Waals surface area contributed by atoms with E-state index in [1.54, 1.807) is 18.3 Å². The van der Waals surface area contributed by atoms with Gasteiger partial charge in [-0.05, 0) is 136 Å². The van der Waals surface area contributed by atoms with E-state index in [4.69, 9.17) is 5.73 Å². The Morgan fingerprint density at radius 2 is 1.75 bits per heavy atom.